The van der Waals surface area contributed by atoms with Gasteiger partial charge in [-0.25, -0.2) is 15.0 Å². The van der Waals surface area contributed by atoms with E-state index in [1.54, 1.807) is 36.5 Å². The Morgan fingerprint density at radius 2 is 1.49 bits per heavy atom. The lowest BCUT2D eigenvalue weighted by Gasteiger charge is -2.18. The molecule has 3 aromatic carbocycles. The van der Waals surface area contributed by atoms with Crippen LogP contribution in [0.4, 0.5) is 17.1 Å². The maximum Gasteiger partial charge on any atom is 0.270 e. The number of nitrogens with zero attached hydrogens (tertiary/aromatic N) is 3. The highest BCUT2D eigenvalue weighted by atomic mass is 16.2. The van der Waals surface area contributed by atoms with Crippen LogP contribution in [0.25, 0.3) is 21.8 Å². The average molecular weight is 742 g/mol. The molecule has 15 heteroatoms. The van der Waals surface area contributed by atoms with Gasteiger partial charge < -0.3 is 42.6 Å². The molecule has 0 saturated heterocycles. The Kier molecular flexibility index (Phi) is 13.0. The van der Waals surface area contributed by atoms with Gasteiger partial charge in [0, 0.05) is 73.1 Å². The maximum atomic E-state index is 13.2. The molecule has 3 heterocycles. The van der Waals surface area contributed by atoms with Gasteiger partial charge in [-0.1, -0.05) is 42.5 Å². The molecule has 0 aliphatic heterocycles. The predicted octanol–water partition coefficient (Wildman–Crippen LogP) is 3.29. The minimum atomic E-state index is -0.924. The van der Waals surface area contributed by atoms with Crippen LogP contribution in [0.5, 0.6) is 0 Å². The number of aromatic nitrogens is 4. The van der Waals surface area contributed by atoms with Crippen molar-refractivity contribution >= 4 is 62.5 Å². The van der Waals surface area contributed by atoms with Crippen LogP contribution in [-0.2, 0) is 27.3 Å². The fraction of sp³-hybridized carbons (Fsp3) is 0.225. The number of imidazole rings is 1. The fourth-order valence-corrected chi connectivity index (χ4v) is 5.89. The van der Waals surface area contributed by atoms with E-state index in [9.17, 15) is 19.2 Å². The van der Waals surface area contributed by atoms with Gasteiger partial charge in [-0.2, -0.15) is 0 Å². The minimum absolute atomic E-state index is 0.0821. The summed E-state index contributed by atoms with van der Waals surface area (Å²) < 4.78 is 0. The molecular formula is C40H43N11O4. The van der Waals surface area contributed by atoms with Gasteiger partial charge in [-0.3, -0.25) is 19.2 Å². The first-order valence-electron chi connectivity index (χ1n) is 18.0. The third-order valence-corrected chi connectivity index (χ3v) is 8.62. The van der Waals surface area contributed by atoms with Crippen molar-refractivity contribution in [2.24, 2.45) is 5.73 Å². The lowest BCUT2D eigenvalue weighted by Crippen LogP contribution is -2.48. The molecule has 55 heavy (non-hydrogen) atoms. The number of pyridine rings is 2. The van der Waals surface area contributed by atoms with Crippen molar-refractivity contribution in [3.8, 4) is 0 Å². The zero-order chi connectivity index (χ0) is 38.4. The standard InChI is InChI=1S/C40H43N11O4/c41-18-20-42-22-28-7-5-12-34(47-28)40(55)51-35(21-29-23-43-25-46-29)39(54)44-19-6-13-36(52)45-24-37(53)48-26-14-16-27(17-15-26)49-38-30-8-1-3-10-32(30)50-33-11-4-2-9-31(33)38/h1-5,7-12,14-17,23,25,35,42H,6,13,18-22,24,41H2,(H,43,46)(H,44,54)(H,45,52)(H,48,53)(H,49,50)(H,51,55). The number of nitrogens with two attached hydrogens (primary N) is 1. The molecule has 15 nitrogen and oxygen atoms in total. The van der Waals surface area contributed by atoms with Crippen molar-refractivity contribution < 1.29 is 19.2 Å². The van der Waals surface area contributed by atoms with Crippen molar-refractivity contribution in [2.75, 3.05) is 36.8 Å². The van der Waals surface area contributed by atoms with Crippen molar-refractivity contribution in [1.82, 2.24) is 41.2 Å². The first-order chi connectivity index (χ1) is 26.9. The summed E-state index contributed by atoms with van der Waals surface area (Å²) in [7, 11) is 0. The second kappa shape index (κ2) is 18.9. The molecule has 0 saturated carbocycles. The monoisotopic (exact) mass is 741 g/mol. The quantitative estimate of drug-likeness (QED) is 0.0475. The predicted molar refractivity (Wildman–Crippen MR) is 211 cm³/mol. The molecule has 1 unspecified atom stereocenters. The fourth-order valence-electron chi connectivity index (χ4n) is 5.89. The molecule has 0 spiro atoms. The van der Waals surface area contributed by atoms with Crippen LogP contribution in [0.1, 0.15) is 34.7 Å². The summed E-state index contributed by atoms with van der Waals surface area (Å²) in [6.45, 7) is 1.51. The Bertz CT molecular complexity index is 2190. The van der Waals surface area contributed by atoms with E-state index in [0.29, 0.717) is 43.1 Å². The summed E-state index contributed by atoms with van der Waals surface area (Å²) >= 11 is 0. The lowest BCUT2D eigenvalue weighted by atomic mass is 10.1. The first-order valence-corrected chi connectivity index (χ1v) is 18.0. The molecule has 0 radical (unpaired) electrons. The third kappa shape index (κ3) is 10.7. The number of rotatable bonds is 18. The number of benzene rings is 3. The highest BCUT2D eigenvalue weighted by Gasteiger charge is 2.23. The topological polar surface area (TPSA) is 221 Å². The van der Waals surface area contributed by atoms with E-state index < -0.39 is 17.9 Å². The highest BCUT2D eigenvalue weighted by Crippen LogP contribution is 2.33. The number of carbonyl (C=O) groups excluding carboxylic acids is 4. The number of H-pyrrole nitrogens is 1. The number of aromatic amines is 1. The number of fused-ring (bicyclic) bond motifs is 2. The summed E-state index contributed by atoms with van der Waals surface area (Å²) in [5.41, 5.74) is 11.2. The van der Waals surface area contributed by atoms with Gasteiger partial charge in [-0.15, -0.1) is 0 Å². The zero-order valence-electron chi connectivity index (χ0n) is 30.1. The zero-order valence-corrected chi connectivity index (χ0v) is 30.1. The number of anilines is 3. The van der Waals surface area contributed by atoms with Gasteiger partial charge in [0.1, 0.15) is 11.7 Å². The van der Waals surface area contributed by atoms with E-state index in [1.807, 2.05) is 60.7 Å². The normalized spacial score (nSPS) is 11.5. The number of nitrogens with one attached hydrogen (secondary N) is 7. The molecule has 9 N–H and O–H groups in total. The largest absolute Gasteiger partial charge is 0.354 e. The Morgan fingerprint density at radius 3 is 2.20 bits per heavy atom. The van der Waals surface area contributed by atoms with E-state index in [0.717, 1.165) is 33.2 Å². The average Bonchev–Trinajstić information content (AvgIpc) is 3.72. The summed E-state index contributed by atoms with van der Waals surface area (Å²) in [6.07, 6.45) is 3.64. The van der Waals surface area contributed by atoms with Gasteiger partial charge >= 0.3 is 0 Å². The second-order valence-corrected chi connectivity index (χ2v) is 12.7. The van der Waals surface area contributed by atoms with Crippen molar-refractivity contribution in [2.45, 2.75) is 31.8 Å². The van der Waals surface area contributed by atoms with Crippen molar-refractivity contribution in [3.63, 3.8) is 0 Å². The van der Waals surface area contributed by atoms with Crippen LogP contribution in [0, 0.1) is 0 Å². The summed E-state index contributed by atoms with van der Waals surface area (Å²) in [5, 5.41) is 19.6. The van der Waals surface area contributed by atoms with Gasteiger partial charge in [0.15, 0.2) is 0 Å². The van der Waals surface area contributed by atoms with Crippen molar-refractivity contribution in [3.05, 3.63) is 121 Å². The Labute approximate surface area is 317 Å². The molecule has 0 aliphatic rings. The number of amides is 4. The van der Waals surface area contributed by atoms with E-state index >= 15 is 0 Å². The summed E-state index contributed by atoms with van der Waals surface area (Å²) in [6, 6.07) is 27.4. The molecule has 0 bridgehead atoms. The van der Waals surface area contributed by atoms with E-state index in [2.05, 4.69) is 46.9 Å². The molecule has 1 atom stereocenters. The molecule has 6 aromatic rings. The van der Waals surface area contributed by atoms with E-state index in [4.69, 9.17) is 10.7 Å². The molecule has 0 aliphatic carbocycles. The molecule has 0 fully saturated rings. The Hall–Kier alpha value is -6.71. The molecule has 4 amide bonds. The van der Waals surface area contributed by atoms with Gasteiger partial charge in [0.2, 0.25) is 17.7 Å². The summed E-state index contributed by atoms with van der Waals surface area (Å²) in [4.78, 5) is 67.5. The Morgan fingerprint density at radius 1 is 0.764 bits per heavy atom. The minimum Gasteiger partial charge on any atom is -0.354 e. The lowest BCUT2D eigenvalue weighted by molar-refractivity contribution is -0.125. The van der Waals surface area contributed by atoms with Crippen LogP contribution >= 0.6 is 0 Å². The van der Waals surface area contributed by atoms with Crippen LogP contribution in [0.15, 0.2) is 104 Å². The van der Waals surface area contributed by atoms with Crippen LogP contribution in [-0.4, -0.2) is 75.8 Å². The first kappa shape index (κ1) is 38.0. The Balaban J connectivity index is 0.938. The molecule has 6 rings (SSSR count). The highest BCUT2D eigenvalue weighted by molar-refractivity contribution is 6.08. The van der Waals surface area contributed by atoms with Gasteiger partial charge in [0.05, 0.1) is 35.3 Å². The summed E-state index contributed by atoms with van der Waals surface area (Å²) in [5.74, 6) is -1.64. The van der Waals surface area contributed by atoms with Crippen LogP contribution < -0.4 is 37.6 Å². The molecule has 282 valence electrons. The van der Waals surface area contributed by atoms with Crippen LogP contribution in [0.3, 0.4) is 0 Å². The SMILES string of the molecule is NCCNCc1cccc(C(=O)NC(Cc2cnc[nH]2)C(=O)NCCCC(=O)NCC(=O)Nc2ccc(Nc3c4ccccc4nc4ccccc34)cc2)n1. The van der Waals surface area contributed by atoms with Crippen molar-refractivity contribution in [1.29, 1.82) is 0 Å². The maximum absolute atomic E-state index is 13.2. The van der Waals surface area contributed by atoms with Gasteiger partial charge in [0.25, 0.3) is 5.91 Å². The second-order valence-electron chi connectivity index (χ2n) is 12.7. The van der Waals surface area contributed by atoms with Gasteiger partial charge in [-0.05, 0) is 55.0 Å². The van der Waals surface area contributed by atoms with E-state index in [-0.39, 0.29) is 43.4 Å². The van der Waals surface area contributed by atoms with E-state index in [1.165, 1.54) is 6.33 Å². The molecular weight excluding hydrogens is 699 g/mol. The van der Waals surface area contributed by atoms with Crippen LogP contribution in [0.2, 0.25) is 0 Å². The number of hydrogen-bond acceptors (Lipinski definition) is 10. The number of carbonyl (C=O) groups is 4. The third-order valence-electron chi connectivity index (χ3n) is 8.62. The smallest absolute Gasteiger partial charge is 0.270 e. The molecule has 3 aromatic heterocycles. The number of para-hydroxylation sites is 2. The number of hydrogen-bond donors (Lipinski definition) is 8.